The van der Waals surface area contributed by atoms with E-state index in [1.807, 2.05) is 0 Å². The molecule has 0 aromatic heterocycles. The smallest absolute Gasteiger partial charge is 0.266 e. The molecular weight excluding hydrogens is 273 g/mol. The number of halogens is 4. The first-order valence-electron chi connectivity index (χ1n) is 4.19. The van der Waals surface area contributed by atoms with Crippen LogP contribution in [0.2, 0.25) is 0 Å². The largest absolute Gasteiger partial charge is 0.293 e. The number of Topliss-reactive ketones (excluding diaryl/α,β-unsaturated/α-hetero) is 1. The van der Waals surface area contributed by atoms with Crippen LogP contribution in [-0.4, -0.2) is 10.6 Å². The van der Waals surface area contributed by atoms with E-state index < -0.39 is 22.6 Å². The minimum absolute atomic E-state index is 0.0797. The monoisotopic (exact) mass is 280 g/mol. The molecule has 82 valence electrons. The van der Waals surface area contributed by atoms with Gasteiger partial charge in [0.25, 0.3) is 6.43 Å². The molecule has 0 spiro atoms. The molecule has 1 aromatic carbocycles. The fourth-order valence-electron chi connectivity index (χ4n) is 1.09. The van der Waals surface area contributed by atoms with Crippen LogP contribution in [0.25, 0.3) is 0 Å². The van der Waals surface area contributed by atoms with Crippen molar-refractivity contribution >= 4 is 21.7 Å². The Morgan fingerprint density at radius 3 is 2.47 bits per heavy atom. The molecule has 15 heavy (non-hydrogen) atoms. The van der Waals surface area contributed by atoms with Crippen LogP contribution in [0.3, 0.4) is 0 Å². The van der Waals surface area contributed by atoms with Crippen molar-refractivity contribution < 1.29 is 18.0 Å². The molecule has 0 amide bonds. The topological polar surface area (TPSA) is 17.1 Å². The molecule has 1 aromatic rings. The molecule has 0 heterocycles. The first-order chi connectivity index (χ1) is 6.93. The molecule has 1 rings (SSSR count). The van der Waals surface area contributed by atoms with Gasteiger partial charge in [-0.05, 0) is 25.1 Å². The zero-order valence-corrected chi connectivity index (χ0v) is 9.39. The molecule has 0 saturated carbocycles. The first kappa shape index (κ1) is 12.2. The number of carbonyl (C=O) groups is 1. The average Bonchev–Trinajstić information content (AvgIpc) is 2.16. The van der Waals surface area contributed by atoms with E-state index in [1.54, 1.807) is 6.92 Å². The van der Waals surface area contributed by atoms with Crippen LogP contribution >= 0.6 is 15.9 Å². The van der Waals surface area contributed by atoms with Crippen molar-refractivity contribution in [1.82, 2.24) is 0 Å². The van der Waals surface area contributed by atoms with Gasteiger partial charge < -0.3 is 0 Å². The van der Waals surface area contributed by atoms with Crippen molar-refractivity contribution in [3.8, 4) is 0 Å². The van der Waals surface area contributed by atoms with Crippen molar-refractivity contribution in [3.63, 3.8) is 0 Å². The van der Waals surface area contributed by atoms with Gasteiger partial charge in [0, 0.05) is 5.56 Å². The quantitative estimate of drug-likeness (QED) is 0.609. The van der Waals surface area contributed by atoms with Crippen LogP contribution in [-0.2, 0) is 0 Å². The van der Waals surface area contributed by atoms with Crippen molar-refractivity contribution in [2.75, 3.05) is 0 Å². The predicted molar refractivity (Wildman–Crippen MR) is 54.1 cm³/mol. The highest BCUT2D eigenvalue weighted by molar-refractivity contribution is 9.10. The highest BCUT2D eigenvalue weighted by Crippen LogP contribution is 2.24. The van der Waals surface area contributed by atoms with E-state index >= 15 is 0 Å². The lowest BCUT2D eigenvalue weighted by Crippen LogP contribution is -2.10. The normalized spacial score (nSPS) is 12.9. The van der Waals surface area contributed by atoms with Crippen molar-refractivity contribution in [2.24, 2.45) is 0 Å². The number of alkyl halides is 3. The summed E-state index contributed by atoms with van der Waals surface area (Å²) in [7, 11) is 0. The third-order valence-electron chi connectivity index (χ3n) is 1.88. The Kier molecular flexibility index (Phi) is 3.90. The molecule has 5 heteroatoms. The number of rotatable bonds is 3. The third kappa shape index (κ3) is 2.81. The van der Waals surface area contributed by atoms with Crippen LogP contribution in [0.5, 0.6) is 0 Å². The summed E-state index contributed by atoms with van der Waals surface area (Å²) in [5.74, 6) is -1.35. The average molecular weight is 281 g/mol. The van der Waals surface area contributed by atoms with Gasteiger partial charge in [0.1, 0.15) is 5.82 Å². The lowest BCUT2D eigenvalue weighted by molar-refractivity contribution is 0.0995. The van der Waals surface area contributed by atoms with Gasteiger partial charge in [0.15, 0.2) is 5.78 Å². The first-order valence-corrected chi connectivity index (χ1v) is 5.11. The van der Waals surface area contributed by atoms with Crippen molar-refractivity contribution in [3.05, 3.63) is 35.1 Å². The molecule has 1 atom stereocenters. The standard InChI is InChI=1S/C10H8BrF3O/c1-5(11)9(15)6-2-3-8(12)7(4-6)10(13)14/h2-5,10H,1H3. The summed E-state index contributed by atoms with van der Waals surface area (Å²) in [4.78, 5) is 10.9. The van der Waals surface area contributed by atoms with Crippen LogP contribution in [0.15, 0.2) is 18.2 Å². The summed E-state index contributed by atoms with van der Waals surface area (Å²) < 4.78 is 37.5. The highest BCUT2D eigenvalue weighted by atomic mass is 79.9. The van der Waals surface area contributed by atoms with Crippen molar-refractivity contribution in [1.29, 1.82) is 0 Å². The molecule has 0 bridgehead atoms. The molecule has 0 saturated heterocycles. The maximum Gasteiger partial charge on any atom is 0.266 e. The Morgan fingerprint density at radius 2 is 2.00 bits per heavy atom. The summed E-state index contributed by atoms with van der Waals surface area (Å²) in [6.45, 7) is 1.58. The fourth-order valence-corrected chi connectivity index (χ4v) is 1.36. The summed E-state index contributed by atoms with van der Waals surface area (Å²) in [6, 6.07) is 2.96. The molecule has 0 radical (unpaired) electrons. The third-order valence-corrected chi connectivity index (χ3v) is 2.29. The zero-order valence-electron chi connectivity index (χ0n) is 7.81. The second kappa shape index (κ2) is 4.79. The molecule has 0 aliphatic heterocycles. The van der Waals surface area contributed by atoms with Gasteiger partial charge in [-0.1, -0.05) is 15.9 Å². The van der Waals surface area contributed by atoms with E-state index in [9.17, 15) is 18.0 Å². The molecule has 1 unspecified atom stereocenters. The van der Waals surface area contributed by atoms with E-state index in [-0.39, 0.29) is 11.3 Å². The summed E-state index contributed by atoms with van der Waals surface area (Å²) in [5, 5.41) is 0. The van der Waals surface area contributed by atoms with Gasteiger partial charge in [-0.25, -0.2) is 13.2 Å². The van der Waals surface area contributed by atoms with E-state index in [0.29, 0.717) is 0 Å². The Morgan fingerprint density at radius 1 is 1.40 bits per heavy atom. The maximum absolute atomic E-state index is 12.9. The van der Waals surface area contributed by atoms with Crippen LogP contribution in [0.4, 0.5) is 13.2 Å². The molecular formula is C10H8BrF3O. The zero-order chi connectivity index (χ0) is 11.6. The van der Waals surface area contributed by atoms with Gasteiger partial charge in [-0.2, -0.15) is 0 Å². The van der Waals surface area contributed by atoms with E-state index in [4.69, 9.17) is 0 Å². The van der Waals surface area contributed by atoms with Crippen LogP contribution in [0.1, 0.15) is 29.3 Å². The summed E-state index contributed by atoms with van der Waals surface area (Å²) >= 11 is 3.03. The van der Waals surface area contributed by atoms with Gasteiger partial charge >= 0.3 is 0 Å². The predicted octanol–water partition coefficient (Wildman–Crippen LogP) is 3.73. The fraction of sp³-hybridized carbons (Fsp3) is 0.300. The van der Waals surface area contributed by atoms with E-state index in [1.165, 1.54) is 6.07 Å². The lowest BCUT2D eigenvalue weighted by atomic mass is 10.1. The summed E-state index contributed by atoms with van der Waals surface area (Å²) in [6.07, 6.45) is -2.91. The Hall–Kier alpha value is -0.840. The van der Waals surface area contributed by atoms with Crippen molar-refractivity contribution in [2.45, 2.75) is 18.2 Å². The molecule has 0 N–H and O–H groups in total. The van der Waals surface area contributed by atoms with Crippen LogP contribution in [0, 0.1) is 5.82 Å². The maximum atomic E-state index is 12.9. The minimum atomic E-state index is -2.91. The number of hydrogen-bond donors (Lipinski definition) is 0. The molecule has 0 aliphatic carbocycles. The number of hydrogen-bond acceptors (Lipinski definition) is 1. The van der Waals surface area contributed by atoms with Gasteiger partial charge in [0.05, 0.1) is 10.4 Å². The minimum Gasteiger partial charge on any atom is -0.293 e. The second-order valence-corrected chi connectivity index (χ2v) is 4.39. The molecule has 0 aliphatic rings. The molecule has 0 fully saturated rings. The van der Waals surface area contributed by atoms with Gasteiger partial charge in [-0.15, -0.1) is 0 Å². The SMILES string of the molecule is CC(Br)C(=O)c1ccc(F)c(C(F)F)c1. The Balaban J connectivity index is 3.13. The molecule has 1 nitrogen and oxygen atoms in total. The van der Waals surface area contributed by atoms with E-state index in [0.717, 1.165) is 12.1 Å². The number of benzene rings is 1. The lowest BCUT2D eigenvalue weighted by Gasteiger charge is -2.06. The Labute approximate surface area is 93.4 Å². The van der Waals surface area contributed by atoms with Crippen LogP contribution < -0.4 is 0 Å². The van der Waals surface area contributed by atoms with E-state index in [2.05, 4.69) is 15.9 Å². The second-order valence-electron chi connectivity index (χ2n) is 3.02. The Bertz CT molecular complexity index is 377. The number of ketones is 1. The van der Waals surface area contributed by atoms with Gasteiger partial charge in [0.2, 0.25) is 0 Å². The summed E-state index contributed by atoms with van der Waals surface area (Å²) in [5.41, 5.74) is -0.662. The van der Waals surface area contributed by atoms with Gasteiger partial charge in [-0.3, -0.25) is 4.79 Å². The number of carbonyl (C=O) groups excluding carboxylic acids is 1. The highest BCUT2D eigenvalue weighted by Gasteiger charge is 2.18.